The summed E-state index contributed by atoms with van der Waals surface area (Å²) in [5.74, 6) is 1.30. The molecule has 0 bridgehead atoms. The van der Waals surface area contributed by atoms with Gasteiger partial charge < -0.3 is 35.7 Å². The van der Waals surface area contributed by atoms with Gasteiger partial charge in [0, 0.05) is 25.2 Å². The molecule has 1 aliphatic rings. The maximum absolute atomic E-state index is 13.0. The summed E-state index contributed by atoms with van der Waals surface area (Å²) in [5, 5.41) is 2.83. The number of hydrogen-bond donors (Lipinski definition) is 4. The molecule has 1 saturated heterocycles. The molecular weight excluding hydrogens is 573 g/mol. The Morgan fingerprint density at radius 2 is 2.02 bits per heavy atom. The molecule has 41 heavy (non-hydrogen) atoms. The van der Waals surface area contributed by atoms with Gasteiger partial charge in [-0.2, -0.15) is 0 Å². The number of fused-ring (bicyclic) bond motifs is 1. The number of amides is 1. The van der Waals surface area contributed by atoms with E-state index in [1.807, 2.05) is 25.1 Å². The number of carbonyl (C=O) groups is 1. The highest BCUT2D eigenvalue weighted by Crippen LogP contribution is 2.42. The van der Waals surface area contributed by atoms with Crippen LogP contribution in [0.2, 0.25) is 5.15 Å². The molecule has 0 saturated carbocycles. The fourth-order valence-corrected chi connectivity index (χ4v) is 6.16. The molecule has 2 aromatic heterocycles. The van der Waals surface area contributed by atoms with E-state index in [2.05, 4.69) is 24.4 Å². The minimum absolute atomic E-state index is 0.0253. The second kappa shape index (κ2) is 13.8. The van der Waals surface area contributed by atoms with Crippen molar-refractivity contribution >= 4 is 47.8 Å². The lowest BCUT2D eigenvalue weighted by Crippen LogP contribution is -2.44. The second-order valence-electron chi connectivity index (χ2n) is 9.77. The SMILES string of the molecule is CCOP(=O)(O)CCCOc1ccc2c(c1)n(CC)c(CNC(=O)c1nc(Cl)c(N)nc1N)[n+]2CC1CCOCC1. The van der Waals surface area contributed by atoms with E-state index >= 15 is 0 Å². The molecule has 1 fully saturated rings. The van der Waals surface area contributed by atoms with Crippen LogP contribution in [0.1, 0.15) is 49.4 Å². The molecule has 3 heterocycles. The van der Waals surface area contributed by atoms with Gasteiger partial charge in [-0.05, 0) is 45.2 Å². The summed E-state index contributed by atoms with van der Waals surface area (Å²) in [7, 11) is -3.59. The third kappa shape index (κ3) is 7.66. The van der Waals surface area contributed by atoms with Crippen molar-refractivity contribution in [3.05, 3.63) is 34.9 Å². The number of rotatable bonds is 13. The standard InChI is InChI=1S/C26H37ClN7O6P/c1-3-33-20-14-18(39-10-5-13-41(36,37)40-4-2)6-7-19(20)34(16-17-8-11-38-12-9-17)21(33)15-30-26(35)22-24(28)32-25(29)23(27)31-22/h6-7,14,17H,3-5,8-13,15-16H2,1-2H3,(H5-,28,29,30,32,35,36,37)/p+1. The Morgan fingerprint density at radius 1 is 1.27 bits per heavy atom. The van der Waals surface area contributed by atoms with Crippen LogP contribution in [0.4, 0.5) is 11.6 Å². The van der Waals surface area contributed by atoms with Crippen LogP contribution < -0.4 is 26.1 Å². The number of anilines is 2. The van der Waals surface area contributed by atoms with Crippen LogP contribution in [0.25, 0.3) is 11.0 Å². The van der Waals surface area contributed by atoms with Crippen molar-refractivity contribution in [2.45, 2.75) is 52.7 Å². The molecule has 4 rings (SSSR count). The first-order chi connectivity index (χ1) is 19.6. The average molecular weight is 611 g/mol. The van der Waals surface area contributed by atoms with Crippen molar-refractivity contribution in [1.82, 2.24) is 19.9 Å². The molecule has 1 atom stereocenters. The summed E-state index contributed by atoms with van der Waals surface area (Å²) in [5.41, 5.74) is 13.4. The number of aromatic nitrogens is 4. The number of ether oxygens (including phenoxy) is 2. The van der Waals surface area contributed by atoms with E-state index < -0.39 is 13.5 Å². The van der Waals surface area contributed by atoms with Gasteiger partial charge in [0.25, 0.3) is 11.7 Å². The summed E-state index contributed by atoms with van der Waals surface area (Å²) < 4.78 is 32.7. The number of aryl methyl sites for hydroxylation is 1. The molecular formula is C26H38ClN7O6P+. The van der Waals surface area contributed by atoms with Crippen molar-refractivity contribution in [2.24, 2.45) is 5.92 Å². The number of nitrogen functional groups attached to an aromatic ring is 2. The lowest BCUT2D eigenvalue weighted by atomic mass is 10.0. The Balaban J connectivity index is 1.59. The molecule has 13 nitrogen and oxygen atoms in total. The van der Waals surface area contributed by atoms with Gasteiger partial charge in [-0.1, -0.05) is 11.6 Å². The van der Waals surface area contributed by atoms with Gasteiger partial charge in [0.05, 0.1) is 32.5 Å². The maximum Gasteiger partial charge on any atom is 0.328 e. The summed E-state index contributed by atoms with van der Waals surface area (Å²) >= 11 is 5.98. The monoisotopic (exact) mass is 610 g/mol. The third-order valence-electron chi connectivity index (χ3n) is 6.96. The second-order valence-corrected chi connectivity index (χ2v) is 12.1. The van der Waals surface area contributed by atoms with E-state index in [4.69, 9.17) is 37.1 Å². The van der Waals surface area contributed by atoms with Crippen LogP contribution in [-0.4, -0.2) is 57.9 Å². The molecule has 1 amide bonds. The molecule has 1 aromatic carbocycles. The Bertz CT molecular complexity index is 1430. The number of nitrogens with two attached hydrogens (primary N) is 2. The average Bonchev–Trinajstić information content (AvgIpc) is 3.23. The van der Waals surface area contributed by atoms with Crippen molar-refractivity contribution in [1.29, 1.82) is 0 Å². The third-order valence-corrected chi connectivity index (χ3v) is 8.78. The van der Waals surface area contributed by atoms with Crippen LogP contribution >= 0.6 is 19.2 Å². The fraction of sp³-hybridized carbons (Fsp3) is 0.538. The van der Waals surface area contributed by atoms with E-state index in [1.165, 1.54) is 0 Å². The first-order valence-corrected chi connectivity index (χ1v) is 15.9. The predicted octanol–water partition coefficient (Wildman–Crippen LogP) is 2.90. The number of nitrogens with one attached hydrogen (secondary N) is 1. The predicted molar refractivity (Wildman–Crippen MR) is 155 cm³/mol. The Kier molecular flexibility index (Phi) is 10.4. The van der Waals surface area contributed by atoms with Crippen molar-refractivity contribution in [2.75, 3.05) is 44.1 Å². The van der Waals surface area contributed by atoms with Gasteiger partial charge in [0.2, 0.25) is 0 Å². The molecule has 1 aliphatic heterocycles. The zero-order chi connectivity index (χ0) is 29.6. The van der Waals surface area contributed by atoms with Crippen LogP contribution in [0, 0.1) is 5.92 Å². The quantitative estimate of drug-likeness (QED) is 0.128. The molecule has 0 aliphatic carbocycles. The Morgan fingerprint density at radius 3 is 2.73 bits per heavy atom. The summed E-state index contributed by atoms with van der Waals surface area (Å²) in [6.07, 6.45) is 2.30. The Labute approximate surface area is 243 Å². The zero-order valence-electron chi connectivity index (χ0n) is 23.3. The fourth-order valence-electron chi connectivity index (χ4n) is 4.97. The number of benzene rings is 1. The lowest BCUT2D eigenvalue weighted by molar-refractivity contribution is -0.687. The van der Waals surface area contributed by atoms with Crippen LogP contribution in [0.5, 0.6) is 5.75 Å². The number of hydrogen-bond acceptors (Lipinski definition) is 9. The molecule has 0 spiro atoms. The van der Waals surface area contributed by atoms with Gasteiger partial charge >= 0.3 is 7.60 Å². The zero-order valence-corrected chi connectivity index (χ0v) is 25.0. The van der Waals surface area contributed by atoms with Gasteiger partial charge in [-0.25, -0.2) is 19.1 Å². The highest BCUT2D eigenvalue weighted by atomic mass is 35.5. The first-order valence-electron chi connectivity index (χ1n) is 13.7. The van der Waals surface area contributed by atoms with Crippen molar-refractivity contribution in [3.8, 4) is 5.75 Å². The van der Waals surface area contributed by atoms with Crippen LogP contribution in [-0.2, 0) is 33.5 Å². The molecule has 1 unspecified atom stereocenters. The minimum Gasteiger partial charge on any atom is -0.493 e. The van der Waals surface area contributed by atoms with Crippen LogP contribution in [0.3, 0.4) is 0 Å². The number of halogens is 1. The molecule has 0 radical (unpaired) electrons. The maximum atomic E-state index is 13.0. The molecule has 15 heteroatoms. The van der Waals surface area contributed by atoms with E-state index in [9.17, 15) is 14.3 Å². The molecule has 3 aromatic rings. The van der Waals surface area contributed by atoms with Gasteiger partial charge in [0.15, 0.2) is 33.5 Å². The molecule has 224 valence electrons. The lowest BCUT2D eigenvalue weighted by Gasteiger charge is -2.21. The Hall–Kier alpha value is -2.96. The number of carbonyl (C=O) groups excluding carboxylic acids is 1. The van der Waals surface area contributed by atoms with E-state index in [1.54, 1.807) is 6.92 Å². The summed E-state index contributed by atoms with van der Waals surface area (Å²) in [6.45, 7) is 7.23. The van der Waals surface area contributed by atoms with Crippen molar-refractivity contribution in [3.63, 3.8) is 0 Å². The van der Waals surface area contributed by atoms with Crippen molar-refractivity contribution < 1.29 is 32.8 Å². The number of nitrogens with zero attached hydrogens (tertiary/aromatic N) is 4. The summed E-state index contributed by atoms with van der Waals surface area (Å²) in [6, 6.07) is 5.84. The van der Waals surface area contributed by atoms with Crippen LogP contribution in [0.15, 0.2) is 18.2 Å². The minimum atomic E-state index is -3.59. The number of imidazole rings is 1. The summed E-state index contributed by atoms with van der Waals surface area (Å²) in [4.78, 5) is 30.8. The highest BCUT2D eigenvalue weighted by Gasteiger charge is 2.29. The van der Waals surface area contributed by atoms with Gasteiger partial charge in [-0.15, -0.1) is 0 Å². The molecule has 6 N–H and O–H groups in total. The van der Waals surface area contributed by atoms with Gasteiger partial charge in [0.1, 0.15) is 12.3 Å². The largest absolute Gasteiger partial charge is 0.493 e. The first kappa shape index (κ1) is 31.0. The van der Waals surface area contributed by atoms with E-state index in [-0.39, 0.29) is 48.4 Å². The van der Waals surface area contributed by atoms with E-state index in [0.717, 1.165) is 49.5 Å². The normalized spacial score (nSPS) is 15.6. The van der Waals surface area contributed by atoms with Gasteiger partial charge in [-0.3, -0.25) is 9.36 Å². The highest BCUT2D eigenvalue weighted by molar-refractivity contribution is 7.52. The smallest absolute Gasteiger partial charge is 0.328 e. The van der Waals surface area contributed by atoms with E-state index in [0.29, 0.717) is 24.6 Å². The topological polar surface area (TPSA) is 181 Å².